The van der Waals surface area contributed by atoms with Crippen LogP contribution in [0.3, 0.4) is 0 Å². The maximum Gasteiger partial charge on any atom is 0.344 e. The highest BCUT2D eigenvalue weighted by Crippen LogP contribution is 2.36. The van der Waals surface area contributed by atoms with Gasteiger partial charge < -0.3 is 10.6 Å². The SMILES string of the molecule is CC1CCC2(CC1)NC(=O)N(NC(=O)CC[C@H]1Cc3ccccc3NC1=O)C2=O. The number of nitrogens with one attached hydrogen (secondary N) is 3. The van der Waals surface area contributed by atoms with Crippen LogP contribution >= 0.6 is 0 Å². The summed E-state index contributed by atoms with van der Waals surface area (Å²) in [6, 6.07) is 7.02. The number of hydrazine groups is 1. The molecule has 2 fully saturated rings. The van der Waals surface area contributed by atoms with E-state index in [1.165, 1.54) is 0 Å². The number of hydrogen-bond acceptors (Lipinski definition) is 4. The first-order valence-corrected chi connectivity index (χ1v) is 10.2. The first kappa shape index (κ1) is 19.4. The molecule has 1 aromatic carbocycles. The maximum atomic E-state index is 12.8. The average Bonchev–Trinajstić information content (AvgIpc) is 2.93. The molecule has 8 heteroatoms. The summed E-state index contributed by atoms with van der Waals surface area (Å²) in [7, 11) is 0. The van der Waals surface area contributed by atoms with Crippen molar-refractivity contribution in [2.24, 2.45) is 11.8 Å². The van der Waals surface area contributed by atoms with Crippen LogP contribution in [0.5, 0.6) is 0 Å². The predicted octanol–water partition coefficient (Wildman–Crippen LogP) is 2.11. The second-order valence-corrected chi connectivity index (χ2v) is 8.46. The number of carbonyl (C=O) groups excluding carboxylic acids is 4. The Hall–Kier alpha value is -2.90. The molecule has 29 heavy (non-hydrogen) atoms. The number of rotatable bonds is 4. The lowest BCUT2D eigenvalue weighted by Crippen LogP contribution is -2.51. The van der Waals surface area contributed by atoms with Crippen molar-refractivity contribution in [1.29, 1.82) is 0 Å². The normalized spacial score (nSPS) is 28.7. The summed E-state index contributed by atoms with van der Waals surface area (Å²) in [5, 5.41) is 6.46. The highest BCUT2D eigenvalue weighted by Gasteiger charge is 2.52. The Morgan fingerprint density at radius 1 is 1.21 bits per heavy atom. The van der Waals surface area contributed by atoms with Crippen LogP contribution in [0, 0.1) is 11.8 Å². The number of benzene rings is 1. The number of anilines is 1. The Kier molecular flexibility index (Phi) is 5.02. The molecular formula is C21H26N4O4. The smallest absolute Gasteiger partial charge is 0.326 e. The van der Waals surface area contributed by atoms with Crippen LogP contribution < -0.4 is 16.1 Å². The molecule has 0 radical (unpaired) electrons. The third kappa shape index (κ3) is 3.71. The Labute approximate surface area is 169 Å². The zero-order chi connectivity index (χ0) is 20.6. The third-order valence-electron chi connectivity index (χ3n) is 6.36. The minimum atomic E-state index is -0.885. The fraction of sp³-hybridized carbons (Fsp3) is 0.524. The quantitative estimate of drug-likeness (QED) is 0.675. The molecule has 5 amide bonds. The largest absolute Gasteiger partial charge is 0.344 e. The molecule has 154 valence electrons. The van der Waals surface area contributed by atoms with Gasteiger partial charge in [-0.1, -0.05) is 25.1 Å². The van der Waals surface area contributed by atoms with Crippen LogP contribution in [0.15, 0.2) is 24.3 Å². The predicted molar refractivity (Wildman–Crippen MR) is 105 cm³/mol. The van der Waals surface area contributed by atoms with Crippen LogP contribution in [0.25, 0.3) is 0 Å². The second-order valence-electron chi connectivity index (χ2n) is 8.46. The number of nitrogens with zero attached hydrogens (tertiary/aromatic N) is 1. The molecule has 2 heterocycles. The van der Waals surface area contributed by atoms with E-state index >= 15 is 0 Å². The van der Waals surface area contributed by atoms with Gasteiger partial charge in [0, 0.05) is 18.0 Å². The summed E-state index contributed by atoms with van der Waals surface area (Å²) in [6.45, 7) is 2.13. The average molecular weight is 398 g/mol. The zero-order valence-electron chi connectivity index (χ0n) is 16.5. The molecule has 2 aliphatic heterocycles. The fourth-order valence-corrected chi connectivity index (χ4v) is 4.45. The number of carbonyl (C=O) groups is 4. The van der Waals surface area contributed by atoms with E-state index in [9.17, 15) is 19.2 Å². The van der Waals surface area contributed by atoms with Crippen LogP contribution in [-0.4, -0.2) is 34.3 Å². The van der Waals surface area contributed by atoms with Gasteiger partial charge in [-0.3, -0.25) is 19.8 Å². The second kappa shape index (κ2) is 7.50. The summed E-state index contributed by atoms with van der Waals surface area (Å²) in [5.74, 6) is -0.721. The molecule has 3 N–H and O–H groups in total. The molecule has 3 aliphatic rings. The number of urea groups is 1. The Morgan fingerprint density at radius 2 is 1.93 bits per heavy atom. The fourth-order valence-electron chi connectivity index (χ4n) is 4.45. The highest BCUT2D eigenvalue weighted by molar-refractivity contribution is 6.08. The number of fused-ring (bicyclic) bond motifs is 1. The van der Waals surface area contributed by atoms with Crippen LogP contribution in [0.1, 0.15) is 51.0 Å². The lowest BCUT2D eigenvalue weighted by Gasteiger charge is -2.33. The van der Waals surface area contributed by atoms with E-state index < -0.39 is 17.5 Å². The van der Waals surface area contributed by atoms with Crippen LogP contribution in [0.2, 0.25) is 0 Å². The van der Waals surface area contributed by atoms with Crippen LogP contribution in [0.4, 0.5) is 10.5 Å². The molecule has 0 bridgehead atoms. The molecule has 1 spiro atoms. The molecule has 1 aromatic rings. The van der Waals surface area contributed by atoms with Gasteiger partial charge in [0.05, 0.1) is 0 Å². The summed E-state index contributed by atoms with van der Waals surface area (Å²) in [5.41, 5.74) is 3.40. The van der Waals surface area contributed by atoms with Crippen LogP contribution in [-0.2, 0) is 20.8 Å². The van der Waals surface area contributed by atoms with E-state index in [0.717, 1.165) is 29.1 Å². The van der Waals surface area contributed by atoms with E-state index in [0.29, 0.717) is 31.6 Å². The number of imide groups is 1. The molecule has 1 aliphatic carbocycles. The molecule has 0 unspecified atom stereocenters. The van der Waals surface area contributed by atoms with Crippen molar-refractivity contribution in [1.82, 2.24) is 15.8 Å². The van der Waals surface area contributed by atoms with Gasteiger partial charge in [0.25, 0.3) is 5.91 Å². The Bertz CT molecular complexity index is 860. The van der Waals surface area contributed by atoms with Crippen molar-refractivity contribution < 1.29 is 19.2 Å². The van der Waals surface area contributed by atoms with Crippen molar-refractivity contribution in [3.63, 3.8) is 0 Å². The summed E-state index contributed by atoms with van der Waals surface area (Å²) in [6.07, 6.45) is 3.89. The number of hydrogen-bond donors (Lipinski definition) is 3. The van der Waals surface area contributed by atoms with E-state index in [4.69, 9.17) is 0 Å². The molecule has 1 saturated heterocycles. The Balaban J connectivity index is 1.33. The van der Waals surface area contributed by atoms with E-state index in [2.05, 4.69) is 23.0 Å². The topological polar surface area (TPSA) is 108 Å². The van der Waals surface area contributed by atoms with Crippen molar-refractivity contribution in [3.8, 4) is 0 Å². The van der Waals surface area contributed by atoms with Gasteiger partial charge in [-0.2, -0.15) is 5.01 Å². The van der Waals surface area contributed by atoms with Crippen molar-refractivity contribution in [2.45, 2.75) is 57.4 Å². The van der Waals surface area contributed by atoms with Crippen molar-refractivity contribution in [3.05, 3.63) is 29.8 Å². The number of amides is 5. The van der Waals surface area contributed by atoms with Gasteiger partial charge in [0.1, 0.15) is 5.54 Å². The third-order valence-corrected chi connectivity index (χ3v) is 6.36. The highest BCUT2D eigenvalue weighted by atomic mass is 16.2. The van der Waals surface area contributed by atoms with E-state index in [1.807, 2.05) is 24.3 Å². The van der Waals surface area contributed by atoms with Gasteiger partial charge in [-0.05, 0) is 56.1 Å². The molecule has 1 saturated carbocycles. The van der Waals surface area contributed by atoms with E-state index in [1.54, 1.807) is 0 Å². The first-order valence-electron chi connectivity index (χ1n) is 10.2. The molecule has 4 rings (SSSR count). The maximum absolute atomic E-state index is 12.8. The van der Waals surface area contributed by atoms with Gasteiger partial charge in [-0.15, -0.1) is 0 Å². The summed E-state index contributed by atoms with van der Waals surface area (Å²) in [4.78, 5) is 49.7. The molecule has 0 aromatic heterocycles. The first-order chi connectivity index (χ1) is 13.9. The standard InChI is InChI=1S/C21H26N4O4/c1-13-8-10-21(11-9-13)19(28)25(20(29)23-21)24-17(26)7-6-15-12-14-4-2-3-5-16(14)22-18(15)27/h2-5,13,15H,6-12H2,1H3,(H,22,27)(H,23,29)(H,24,26)/t13?,15-,21?/m0/s1. The lowest BCUT2D eigenvalue weighted by molar-refractivity contribution is -0.140. The van der Waals surface area contributed by atoms with Gasteiger partial charge in [0.2, 0.25) is 11.8 Å². The summed E-state index contributed by atoms with van der Waals surface area (Å²) >= 11 is 0. The molecular weight excluding hydrogens is 372 g/mol. The Morgan fingerprint density at radius 3 is 2.69 bits per heavy atom. The molecule has 1 atom stereocenters. The zero-order valence-corrected chi connectivity index (χ0v) is 16.5. The van der Waals surface area contributed by atoms with Gasteiger partial charge in [-0.25, -0.2) is 4.79 Å². The minimum Gasteiger partial charge on any atom is -0.326 e. The van der Waals surface area contributed by atoms with Gasteiger partial charge >= 0.3 is 6.03 Å². The summed E-state index contributed by atoms with van der Waals surface area (Å²) < 4.78 is 0. The van der Waals surface area contributed by atoms with Crippen molar-refractivity contribution in [2.75, 3.05) is 5.32 Å². The molecule has 8 nitrogen and oxygen atoms in total. The minimum absolute atomic E-state index is 0.0569. The van der Waals surface area contributed by atoms with Gasteiger partial charge in [0.15, 0.2) is 0 Å². The monoisotopic (exact) mass is 398 g/mol. The lowest BCUT2D eigenvalue weighted by atomic mass is 9.77. The van der Waals surface area contributed by atoms with E-state index in [-0.39, 0.29) is 24.2 Å². The van der Waals surface area contributed by atoms with Crippen molar-refractivity contribution >= 4 is 29.4 Å². The number of para-hydroxylation sites is 1.